The zero-order valence-corrected chi connectivity index (χ0v) is 6.63. The second-order valence-electron chi connectivity index (χ2n) is 3.00. The van der Waals surface area contributed by atoms with E-state index < -0.39 is 0 Å². The van der Waals surface area contributed by atoms with Gasteiger partial charge in [-0.2, -0.15) is 0 Å². The Morgan fingerprint density at radius 2 is 2.42 bits per heavy atom. The van der Waals surface area contributed by atoms with Gasteiger partial charge in [-0.15, -0.1) is 0 Å². The molecular formula is C8H11N3O. The number of rotatable bonds is 2. The summed E-state index contributed by atoms with van der Waals surface area (Å²) < 4.78 is 5.04. The summed E-state index contributed by atoms with van der Waals surface area (Å²) in [5, 5.41) is 10.5. The highest BCUT2D eigenvalue weighted by atomic mass is 16.5. The van der Waals surface area contributed by atoms with Gasteiger partial charge in [-0.1, -0.05) is 0 Å². The smallest absolute Gasteiger partial charge is 0.191 e. The van der Waals surface area contributed by atoms with E-state index in [1.54, 1.807) is 6.08 Å². The van der Waals surface area contributed by atoms with Crippen molar-refractivity contribution in [3.8, 4) is 0 Å². The highest BCUT2D eigenvalue weighted by molar-refractivity contribution is 6.06. The van der Waals surface area contributed by atoms with Crippen LogP contribution in [0.1, 0.15) is 12.8 Å². The average Bonchev–Trinajstić information content (AvgIpc) is 2.72. The predicted octanol–water partition coefficient (Wildman–Crippen LogP) is 0.430. The molecule has 0 aromatic heterocycles. The van der Waals surface area contributed by atoms with E-state index >= 15 is 0 Å². The summed E-state index contributed by atoms with van der Waals surface area (Å²) in [7, 11) is 0. The van der Waals surface area contributed by atoms with Gasteiger partial charge in [0.25, 0.3) is 0 Å². The maximum Gasteiger partial charge on any atom is 0.191 e. The summed E-state index contributed by atoms with van der Waals surface area (Å²) in [6, 6.07) is 0.495. The Balaban J connectivity index is 2.07. The van der Waals surface area contributed by atoms with Gasteiger partial charge in [0.2, 0.25) is 0 Å². The third-order valence-electron chi connectivity index (χ3n) is 1.85. The Kier molecular flexibility index (Phi) is 1.53. The first kappa shape index (κ1) is 7.21. The lowest BCUT2D eigenvalue weighted by molar-refractivity contribution is 0.378. The van der Waals surface area contributed by atoms with Crippen molar-refractivity contribution in [2.45, 2.75) is 18.9 Å². The van der Waals surface area contributed by atoms with Crippen LogP contribution < -0.4 is 11.1 Å². The fourth-order valence-corrected chi connectivity index (χ4v) is 1.03. The normalized spacial score (nSPS) is 25.5. The first-order valence-corrected chi connectivity index (χ1v) is 3.96. The number of allylic oxidation sites excluding steroid dienone is 1. The van der Waals surface area contributed by atoms with Crippen LogP contribution in [0.15, 0.2) is 23.9 Å². The molecule has 0 radical (unpaired) electrons. The van der Waals surface area contributed by atoms with Gasteiger partial charge in [0.05, 0.1) is 6.26 Å². The van der Waals surface area contributed by atoms with Crippen molar-refractivity contribution in [3.63, 3.8) is 0 Å². The lowest BCUT2D eigenvalue weighted by Gasteiger charge is -2.07. The summed E-state index contributed by atoms with van der Waals surface area (Å²) in [5.41, 5.74) is 6.01. The number of ether oxygens (including phenoxy) is 1. The summed E-state index contributed by atoms with van der Waals surface area (Å²) in [6.07, 6.45) is 5.37. The largest absolute Gasteiger partial charge is 0.459 e. The Morgan fingerprint density at radius 3 is 2.92 bits per heavy atom. The minimum atomic E-state index is 0.334. The molecule has 1 saturated carbocycles. The number of hydrogen-bond donors (Lipinski definition) is 3. The molecular weight excluding hydrogens is 154 g/mol. The first-order valence-electron chi connectivity index (χ1n) is 3.96. The highest BCUT2D eigenvalue weighted by Gasteiger charge is 2.23. The molecule has 1 aliphatic carbocycles. The maximum atomic E-state index is 7.41. The van der Waals surface area contributed by atoms with Crippen molar-refractivity contribution in [3.05, 3.63) is 23.9 Å². The minimum absolute atomic E-state index is 0.334. The quantitative estimate of drug-likeness (QED) is 0.555. The molecule has 1 fully saturated rings. The number of nitrogens with one attached hydrogen (secondary N) is 2. The van der Waals surface area contributed by atoms with E-state index in [0.29, 0.717) is 23.3 Å². The summed E-state index contributed by atoms with van der Waals surface area (Å²) in [4.78, 5) is 0. The molecule has 0 aromatic carbocycles. The fraction of sp³-hybridized carbons (Fsp3) is 0.375. The Bertz CT molecular complexity index is 276. The fourth-order valence-electron chi connectivity index (χ4n) is 1.03. The highest BCUT2D eigenvalue weighted by Crippen LogP contribution is 2.21. The molecule has 0 bridgehead atoms. The van der Waals surface area contributed by atoms with Crippen LogP contribution in [0.3, 0.4) is 0 Å². The van der Waals surface area contributed by atoms with Crippen LogP contribution in [0.4, 0.5) is 0 Å². The molecule has 2 rings (SSSR count). The van der Waals surface area contributed by atoms with E-state index in [9.17, 15) is 0 Å². The SMILES string of the molecule is N=C1C=CO/C1=C(/N)NC1CC1. The molecule has 0 saturated heterocycles. The van der Waals surface area contributed by atoms with Crippen LogP contribution in [0.5, 0.6) is 0 Å². The van der Waals surface area contributed by atoms with E-state index in [2.05, 4.69) is 5.32 Å². The zero-order valence-electron chi connectivity index (χ0n) is 6.63. The molecule has 4 N–H and O–H groups in total. The molecule has 0 aromatic rings. The molecule has 4 heteroatoms. The van der Waals surface area contributed by atoms with Gasteiger partial charge in [-0.05, 0) is 12.8 Å². The van der Waals surface area contributed by atoms with E-state index in [1.165, 1.54) is 6.26 Å². The summed E-state index contributed by atoms with van der Waals surface area (Å²) in [6.45, 7) is 0. The van der Waals surface area contributed by atoms with Crippen molar-refractivity contribution in [1.29, 1.82) is 5.41 Å². The molecule has 64 valence electrons. The molecule has 0 unspecified atom stereocenters. The molecule has 0 spiro atoms. The third kappa shape index (κ3) is 1.28. The van der Waals surface area contributed by atoms with E-state index in [0.717, 1.165) is 12.8 Å². The Labute approximate surface area is 70.6 Å². The molecule has 12 heavy (non-hydrogen) atoms. The van der Waals surface area contributed by atoms with Crippen LogP contribution in [-0.2, 0) is 4.74 Å². The molecule has 2 aliphatic rings. The van der Waals surface area contributed by atoms with Gasteiger partial charge in [-0.3, -0.25) is 5.41 Å². The second-order valence-corrected chi connectivity index (χ2v) is 3.00. The molecule has 4 nitrogen and oxygen atoms in total. The zero-order chi connectivity index (χ0) is 8.55. The lowest BCUT2D eigenvalue weighted by Crippen LogP contribution is -2.25. The Morgan fingerprint density at radius 1 is 1.67 bits per heavy atom. The van der Waals surface area contributed by atoms with Crippen LogP contribution >= 0.6 is 0 Å². The molecule has 0 amide bonds. The number of nitrogens with two attached hydrogens (primary N) is 1. The van der Waals surface area contributed by atoms with Crippen molar-refractivity contribution < 1.29 is 4.74 Å². The van der Waals surface area contributed by atoms with E-state index in [4.69, 9.17) is 15.9 Å². The monoisotopic (exact) mass is 165 g/mol. The number of hydrogen-bond acceptors (Lipinski definition) is 4. The van der Waals surface area contributed by atoms with E-state index in [1.807, 2.05) is 0 Å². The van der Waals surface area contributed by atoms with Crippen molar-refractivity contribution >= 4 is 5.71 Å². The van der Waals surface area contributed by atoms with Crippen molar-refractivity contribution in [1.82, 2.24) is 5.32 Å². The Hall–Kier alpha value is -1.45. The van der Waals surface area contributed by atoms with Crippen molar-refractivity contribution in [2.75, 3.05) is 0 Å². The topological polar surface area (TPSA) is 71.1 Å². The molecule has 1 aliphatic heterocycles. The van der Waals surface area contributed by atoms with Gasteiger partial charge >= 0.3 is 0 Å². The van der Waals surface area contributed by atoms with Gasteiger partial charge in [-0.25, -0.2) is 0 Å². The first-order chi connectivity index (χ1) is 5.77. The van der Waals surface area contributed by atoms with Crippen LogP contribution in [-0.4, -0.2) is 11.8 Å². The molecule has 1 heterocycles. The van der Waals surface area contributed by atoms with Gasteiger partial charge < -0.3 is 15.8 Å². The third-order valence-corrected chi connectivity index (χ3v) is 1.85. The molecule has 0 atom stereocenters. The summed E-state index contributed by atoms with van der Waals surface area (Å²) in [5.74, 6) is 0.925. The summed E-state index contributed by atoms with van der Waals surface area (Å²) >= 11 is 0. The lowest BCUT2D eigenvalue weighted by atomic mass is 10.3. The van der Waals surface area contributed by atoms with E-state index in [-0.39, 0.29) is 0 Å². The van der Waals surface area contributed by atoms with Crippen LogP contribution in [0.2, 0.25) is 0 Å². The van der Waals surface area contributed by atoms with Crippen LogP contribution in [0, 0.1) is 5.41 Å². The van der Waals surface area contributed by atoms with Gasteiger partial charge in [0.1, 0.15) is 11.5 Å². The minimum Gasteiger partial charge on any atom is -0.459 e. The van der Waals surface area contributed by atoms with Crippen LogP contribution in [0.25, 0.3) is 0 Å². The van der Waals surface area contributed by atoms with Crippen molar-refractivity contribution in [2.24, 2.45) is 5.73 Å². The van der Waals surface area contributed by atoms with Gasteiger partial charge in [0.15, 0.2) is 5.76 Å². The standard InChI is InChI=1S/C8H11N3O/c9-6-3-4-12-7(6)8(10)11-5-1-2-5/h3-5,9,11H,1-2,10H2/b8-7-,9-6?. The van der Waals surface area contributed by atoms with Gasteiger partial charge in [0, 0.05) is 12.1 Å². The second kappa shape index (κ2) is 2.55. The predicted molar refractivity (Wildman–Crippen MR) is 45.3 cm³/mol. The maximum absolute atomic E-state index is 7.41. The average molecular weight is 165 g/mol.